The van der Waals surface area contributed by atoms with Gasteiger partial charge in [0.25, 0.3) is 0 Å². The molecule has 3 heterocycles. The van der Waals surface area contributed by atoms with Crippen molar-refractivity contribution in [2.45, 2.75) is 13.0 Å². The Morgan fingerprint density at radius 3 is 2.48 bits per heavy atom. The number of ether oxygens (including phenoxy) is 1. The van der Waals surface area contributed by atoms with E-state index in [2.05, 4.69) is 5.10 Å². The van der Waals surface area contributed by atoms with Crippen LogP contribution in [0.15, 0.2) is 76.8 Å². The molecule has 29 heavy (non-hydrogen) atoms. The maximum atomic E-state index is 6.23. The van der Waals surface area contributed by atoms with E-state index in [0.717, 1.165) is 39.9 Å². The third kappa shape index (κ3) is 2.93. The second kappa shape index (κ2) is 6.90. The number of para-hydroxylation sites is 1. The van der Waals surface area contributed by atoms with Gasteiger partial charge >= 0.3 is 0 Å². The predicted octanol–water partition coefficient (Wildman–Crippen LogP) is 4.75. The van der Waals surface area contributed by atoms with E-state index >= 15 is 0 Å². The van der Waals surface area contributed by atoms with Gasteiger partial charge in [0.2, 0.25) is 0 Å². The number of methoxy groups -OCH3 is 1. The number of fused-ring (bicyclic) bond motifs is 2. The summed E-state index contributed by atoms with van der Waals surface area (Å²) in [4.78, 5) is 4.87. The summed E-state index contributed by atoms with van der Waals surface area (Å²) >= 11 is 6.23. The first-order valence-corrected chi connectivity index (χ1v) is 9.62. The Kier molecular flexibility index (Phi) is 4.21. The van der Waals surface area contributed by atoms with Crippen LogP contribution in [0.3, 0.4) is 0 Å². The quantitative estimate of drug-likeness (QED) is 0.634. The number of hydrogen-bond acceptors (Lipinski definition) is 5. The summed E-state index contributed by atoms with van der Waals surface area (Å²) in [5.41, 5.74) is 3.92. The fourth-order valence-corrected chi connectivity index (χ4v) is 3.86. The van der Waals surface area contributed by atoms with Crippen LogP contribution in [0.4, 0.5) is 5.82 Å². The van der Waals surface area contributed by atoms with Gasteiger partial charge in [-0.25, -0.2) is 14.7 Å². The van der Waals surface area contributed by atoms with E-state index in [1.54, 1.807) is 13.2 Å². The highest BCUT2D eigenvalue weighted by Crippen LogP contribution is 2.43. The van der Waals surface area contributed by atoms with E-state index in [1.807, 2.05) is 77.3 Å². The van der Waals surface area contributed by atoms with Crippen molar-refractivity contribution >= 4 is 28.4 Å². The van der Waals surface area contributed by atoms with Gasteiger partial charge in [-0.05, 0) is 48.9 Å². The summed E-state index contributed by atoms with van der Waals surface area (Å²) in [6.07, 6.45) is 3.63. The zero-order valence-electron chi connectivity index (χ0n) is 16.0. The first-order chi connectivity index (χ1) is 14.2. The molecule has 0 bridgehead atoms. The Balaban J connectivity index is 1.73. The van der Waals surface area contributed by atoms with Crippen LogP contribution in [0.2, 0.25) is 0 Å². The van der Waals surface area contributed by atoms with E-state index in [-0.39, 0.29) is 6.04 Å². The Hall–Kier alpha value is -3.38. The fraction of sp³-hybridized carbons (Fsp3) is 0.136. The summed E-state index contributed by atoms with van der Waals surface area (Å²) in [5.74, 6) is 2.33. The van der Waals surface area contributed by atoms with Gasteiger partial charge in [0, 0.05) is 5.56 Å². The molecular weight excluding hydrogens is 386 g/mol. The molecule has 0 spiro atoms. The minimum atomic E-state index is -0.195. The molecule has 0 saturated heterocycles. The number of amidine groups is 1. The molecule has 7 heteroatoms. The normalized spacial score (nSPS) is 17.3. The van der Waals surface area contributed by atoms with Crippen LogP contribution < -0.4 is 4.74 Å². The summed E-state index contributed by atoms with van der Waals surface area (Å²) in [7, 11) is 1.66. The van der Waals surface area contributed by atoms with E-state index in [1.165, 1.54) is 0 Å². The number of hydrazone groups is 1. The second-order valence-electron chi connectivity index (χ2n) is 6.82. The van der Waals surface area contributed by atoms with Crippen LogP contribution in [0.1, 0.15) is 22.9 Å². The minimum absolute atomic E-state index is 0.195. The third-order valence-electron chi connectivity index (χ3n) is 5.06. The average Bonchev–Trinajstić information content (AvgIpc) is 3.09. The molecule has 2 aliphatic heterocycles. The summed E-state index contributed by atoms with van der Waals surface area (Å²) in [6.45, 7) is 2.00. The summed E-state index contributed by atoms with van der Waals surface area (Å²) < 4.78 is 7.21. The minimum Gasteiger partial charge on any atom is -0.497 e. The lowest BCUT2D eigenvalue weighted by Gasteiger charge is -2.34. The van der Waals surface area contributed by atoms with Gasteiger partial charge in [0.15, 0.2) is 11.7 Å². The fourth-order valence-electron chi connectivity index (χ4n) is 3.71. The van der Waals surface area contributed by atoms with Crippen LogP contribution in [0.5, 0.6) is 5.75 Å². The van der Waals surface area contributed by atoms with Crippen LogP contribution in [0.25, 0.3) is 5.69 Å². The average molecular weight is 404 g/mol. The Morgan fingerprint density at radius 1 is 1.00 bits per heavy atom. The first-order valence-electron chi connectivity index (χ1n) is 9.24. The van der Waals surface area contributed by atoms with Gasteiger partial charge in [0.1, 0.15) is 17.0 Å². The molecule has 2 aromatic carbocycles. The zero-order valence-corrected chi connectivity index (χ0v) is 16.7. The SMILES string of the molecule is COc1ccc(C2c3c(C)nn(-c4ccccc4)c3N=C3C=CC(Cl)=NN32)cc1. The number of hydrogen-bond donors (Lipinski definition) is 0. The van der Waals surface area contributed by atoms with Crippen molar-refractivity contribution < 1.29 is 4.74 Å². The molecule has 6 nitrogen and oxygen atoms in total. The highest BCUT2D eigenvalue weighted by Gasteiger charge is 2.36. The number of allylic oxidation sites excluding steroid dienone is 1. The van der Waals surface area contributed by atoms with Crippen molar-refractivity contribution in [2.24, 2.45) is 10.1 Å². The largest absolute Gasteiger partial charge is 0.497 e. The molecule has 2 aliphatic rings. The highest BCUT2D eigenvalue weighted by atomic mass is 35.5. The maximum Gasteiger partial charge on any atom is 0.164 e. The lowest BCUT2D eigenvalue weighted by atomic mass is 9.96. The summed E-state index contributed by atoms with van der Waals surface area (Å²) in [6, 6.07) is 17.8. The molecule has 144 valence electrons. The summed E-state index contributed by atoms with van der Waals surface area (Å²) in [5, 5.41) is 11.6. The lowest BCUT2D eigenvalue weighted by Crippen LogP contribution is -2.35. The van der Waals surface area contributed by atoms with Crippen LogP contribution in [-0.2, 0) is 0 Å². The maximum absolute atomic E-state index is 6.23. The van der Waals surface area contributed by atoms with E-state index < -0.39 is 0 Å². The lowest BCUT2D eigenvalue weighted by molar-refractivity contribution is 0.370. The van der Waals surface area contributed by atoms with E-state index in [4.69, 9.17) is 26.4 Å². The Morgan fingerprint density at radius 2 is 1.76 bits per heavy atom. The Labute approximate surface area is 173 Å². The first kappa shape index (κ1) is 17.7. The standard InChI is InChI=1S/C22H18ClN5O/c1-14-20-21(15-8-10-17(29-2)11-9-15)28-19(13-12-18(23)26-28)24-22(20)27(25-14)16-6-4-3-5-7-16/h3-13,21H,1-2H3. The molecule has 5 rings (SSSR count). The number of halogens is 1. The van der Waals surface area contributed by atoms with Crippen molar-refractivity contribution in [3.63, 3.8) is 0 Å². The van der Waals surface area contributed by atoms with Gasteiger partial charge < -0.3 is 4.74 Å². The molecule has 1 aromatic heterocycles. The number of benzene rings is 2. The van der Waals surface area contributed by atoms with Crippen LogP contribution >= 0.6 is 11.6 Å². The molecule has 0 N–H and O–H groups in total. The van der Waals surface area contributed by atoms with Crippen molar-refractivity contribution in [1.82, 2.24) is 14.8 Å². The molecule has 0 fully saturated rings. The van der Waals surface area contributed by atoms with E-state index in [0.29, 0.717) is 5.17 Å². The van der Waals surface area contributed by atoms with Gasteiger partial charge in [-0.15, -0.1) is 0 Å². The number of aliphatic imine (C=N–C) groups is 1. The third-order valence-corrected chi connectivity index (χ3v) is 5.26. The van der Waals surface area contributed by atoms with Crippen molar-refractivity contribution in [1.29, 1.82) is 0 Å². The van der Waals surface area contributed by atoms with Gasteiger partial charge in [-0.2, -0.15) is 10.2 Å². The molecule has 1 atom stereocenters. The monoisotopic (exact) mass is 403 g/mol. The molecule has 3 aromatic rings. The van der Waals surface area contributed by atoms with Gasteiger partial charge in [0.05, 0.1) is 18.5 Å². The van der Waals surface area contributed by atoms with Crippen LogP contribution in [-0.4, -0.2) is 32.9 Å². The zero-order chi connectivity index (χ0) is 20.0. The second-order valence-corrected chi connectivity index (χ2v) is 7.20. The van der Waals surface area contributed by atoms with Crippen molar-refractivity contribution in [2.75, 3.05) is 7.11 Å². The topological polar surface area (TPSA) is 55.0 Å². The molecule has 0 amide bonds. The van der Waals surface area contributed by atoms with Gasteiger partial charge in [-0.3, -0.25) is 0 Å². The van der Waals surface area contributed by atoms with Crippen LogP contribution in [0, 0.1) is 6.92 Å². The predicted molar refractivity (Wildman–Crippen MR) is 115 cm³/mol. The van der Waals surface area contributed by atoms with Crippen molar-refractivity contribution in [3.05, 3.63) is 83.6 Å². The number of aryl methyl sites for hydroxylation is 1. The number of nitrogens with zero attached hydrogens (tertiary/aromatic N) is 5. The number of rotatable bonds is 3. The molecule has 0 radical (unpaired) electrons. The van der Waals surface area contributed by atoms with E-state index in [9.17, 15) is 0 Å². The van der Waals surface area contributed by atoms with Crippen molar-refractivity contribution in [3.8, 4) is 11.4 Å². The smallest absolute Gasteiger partial charge is 0.164 e. The molecular formula is C22H18ClN5O. The highest BCUT2D eigenvalue weighted by molar-refractivity contribution is 6.68. The van der Waals surface area contributed by atoms with Gasteiger partial charge in [-0.1, -0.05) is 41.9 Å². The Bertz CT molecular complexity index is 1160. The molecule has 0 saturated carbocycles. The molecule has 1 unspecified atom stereocenters. The molecule has 0 aliphatic carbocycles. The number of aromatic nitrogens is 2.